The third kappa shape index (κ3) is 10.5. The zero-order valence-electron chi connectivity index (χ0n) is 27.0. The third-order valence-corrected chi connectivity index (χ3v) is 9.29. The Morgan fingerprint density at radius 2 is 1.82 bits per heavy atom. The molecule has 250 valence electrons. The van der Waals surface area contributed by atoms with Gasteiger partial charge in [-0.3, -0.25) is 9.52 Å². The van der Waals surface area contributed by atoms with E-state index in [2.05, 4.69) is 10.0 Å². The summed E-state index contributed by atoms with van der Waals surface area (Å²) in [6.07, 6.45) is 1.69. The minimum atomic E-state index is -3.98. The molecule has 2 aromatic rings. The number of sulfonamides is 1. The number of benzene rings is 2. The van der Waals surface area contributed by atoms with Gasteiger partial charge in [0.2, 0.25) is 0 Å². The van der Waals surface area contributed by atoms with Crippen molar-refractivity contribution in [3.05, 3.63) is 53.1 Å². The van der Waals surface area contributed by atoms with Gasteiger partial charge in [0, 0.05) is 49.4 Å². The molecule has 0 spiro atoms. The summed E-state index contributed by atoms with van der Waals surface area (Å²) in [4.78, 5) is 30.1. The maximum Gasteiger partial charge on any atom is 0.317 e. The lowest BCUT2D eigenvalue weighted by molar-refractivity contribution is -0.0122. The van der Waals surface area contributed by atoms with E-state index in [9.17, 15) is 23.1 Å². The number of nitrogens with one attached hydrogen (secondary N) is 2. The molecule has 0 bridgehead atoms. The molecule has 1 aliphatic heterocycles. The Hall–Kier alpha value is -3.06. The summed E-state index contributed by atoms with van der Waals surface area (Å²) in [7, 11) is -2.27. The summed E-state index contributed by atoms with van der Waals surface area (Å²) in [5.41, 5.74) is 0.340. The first kappa shape index (κ1) is 36.4. The fraction of sp³-hybridized carbons (Fsp3) is 0.562. The van der Waals surface area contributed by atoms with Crippen LogP contribution in [0.2, 0.25) is 5.02 Å². The highest BCUT2D eigenvalue weighted by Crippen LogP contribution is 2.29. The highest BCUT2D eigenvalue weighted by molar-refractivity contribution is 7.92. The van der Waals surface area contributed by atoms with Gasteiger partial charge in [-0.25, -0.2) is 13.2 Å². The van der Waals surface area contributed by atoms with Crippen molar-refractivity contribution in [3.8, 4) is 5.75 Å². The number of amides is 3. The van der Waals surface area contributed by atoms with Crippen LogP contribution in [0.5, 0.6) is 5.75 Å². The minimum Gasteiger partial charge on any atom is -0.490 e. The number of ether oxygens (including phenoxy) is 2. The zero-order valence-corrected chi connectivity index (χ0v) is 28.5. The van der Waals surface area contributed by atoms with Crippen molar-refractivity contribution in [2.75, 3.05) is 38.1 Å². The molecule has 13 heteroatoms. The second-order valence-electron chi connectivity index (χ2n) is 12.1. The first-order chi connectivity index (χ1) is 21.2. The van der Waals surface area contributed by atoms with Crippen LogP contribution in [0.3, 0.4) is 0 Å². The molecular weight excluding hydrogens is 620 g/mol. The molecular formula is C32H47ClN4O7S. The van der Waals surface area contributed by atoms with E-state index in [0.717, 1.165) is 12.8 Å². The molecule has 11 nitrogen and oxygen atoms in total. The highest BCUT2D eigenvalue weighted by atomic mass is 35.5. The highest BCUT2D eigenvalue weighted by Gasteiger charge is 2.31. The Bertz CT molecular complexity index is 1390. The summed E-state index contributed by atoms with van der Waals surface area (Å²) in [6.45, 7) is 10.1. The van der Waals surface area contributed by atoms with Crippen LogP contribution >= 0.6 is 11.6 Å². The normalized spacial score (nSPS) is 20.9. The molecule has 4 atom stereocenters. The van der Waals surface area contributed by atoms with Gasteiger partial charge < -0.3 is 29.7 Å². The Morgan fingerprint density at radius 3 is 2.47 bits per heavy atom. The van der Waals surface area contributed by atoms with Gasteiger partial charge in [-0.1, -0.05) is 18.5 Å². The SMILES string of the molecule is CC(C)NC(=O)N(C)C[C@@H]1OCCCC[C@H](C)Oc2ccc(NS(=O)(=O)c3ccc(Cl)cc3)cc2C(=O)N([C@H](C)CO)C[C@@H]1C. The van der Waals surface area contributed by atoms with Gasteiger partial charge in [-0.05, 0) is 89.4 Å². The van der Waals surface area contributed by atoms with Crippen molar-refractivity contribution in [1.82, 2.24) is 15.1 Å². The molecule has 3 amide bonds. The van der Waals surface area contributed by atoms with Crippen LogP contribution in [0.25, 0.3) is 0 Å². The molecule has 2 aromatic carbocycles. The largest absolute Gasteiger partial charge is 0.490 e. The van der Waals surface area contributed by atoms with Crippen molar-refractivity contribution < 1.29 is 32.6 Å². The number of hydrogen-bond donors (Lipinski definition) is 3. The van der Waals surface area contributed by atoms with Gasteiger partial charge >= 0.3 is 6.03 Å². The van der Waals surface area contributed by atoms with Crippen LogP contribution in [-0.2, 0) is 14.8 Å². The number of nitrogens with zero attached hydrogens (tertiary/aromatic N) is 2. The number of anilines is 1. The Kier molecular flexibility index (Phi) is 13.3. The summed E-state index contributed by atoms with van der Waals surface area (Å²) in [6, 6.07) is 9.56. The predicted octanol–water partition coefficient (Wildman–Crippen LogP) is 4.99. The fourth-order valence-electron chi connectivity index (χ4n) is 4.99. The lowest BCUT2D eigenvalue weighted by Crippen LogP contribution is -2.49. The first-order valence-electron chi connectivity index (χ1n) is 15.4. The standard InChI is InChI=1S/C32H47ClN4O7S/c1-21(2)34-32(40)36(6)19-30-22(3)18-37(23(4)20-38)31(39)28-17-26(35-45(41,42)27-13-10-25(33)11-14-27)12-15-29(28)44-24(5)9-7-8-16-43-30/h10-15,17,21-24,30,35,38H,7-9,16,18-20H2,1-6H3,(H,34,40)/t22-,23+,24-,30-/m0/s1. The number of hydrogen-bond acceptors (Lipinski definition) is 7. The Balaban J connectivity index is 1.98. The molecule has 3 rings (SSSR count). The van der Waals surface area contributed by atoms with E-state index >= 15 is 0 Å². The summed E-state index contributed by atoms with van der Waals surface area (Å²) in [5.74, 6) is -0.338. The maximum absolute atomic E-state index is 14.3. The molecule has 3 N–H and O–H groups in total. The number of rotatable bonds is 8. The number of fused-ring (bicyclic) bond motifs is 1. The molecule has 0 saturated heterocycles. The molecule has 1 heterocycles. The monoisotopic (exact) mass is 666 g/mol. The van der Waals surface area contributed by atoms with Crippen LogP contribution in [0.15, 0.2) is 47.4 Å². The van der Waals surface area contributed by atoms with Gasteiger partial charge in [-0.15, -0.1) is 0 Å². The van der Waals surface area contributed by atoms with E-state index in [0.29, 0.717) is 30.3 Å². The number of aliphatic hydroxyl groups is 1. The van der Waals surface area contributed by atoms with Crippen LogP contribution in [0, 0.1) is 5.92 Å². The van der Waals surface area contributed by atoms with Crippen LogP contribution < -0.4 is 14.8 Å². The molecule has 0 saturated carbocycles. The summed E-state index contributed by atoms with van der Waals surface area (Å²) in [5, 5.41) is 13.4. The van der Waals surface area contributed by atoms with Crippen molar-refractivity contribution in [2.24, 2.45) is 5.92 Å². The number of likely N-dealkylation sites (N-methyl/N-ethyl adjacent to an activating group) is 1. The minimum absolute atomic E-state index is 0.0191. The van der Waals surface area contributed by atoms with E-state index in [1.54, 1.807) is 35.9 Å². The second kappa shape index (κ2) is 16.5. The second-order valence-corrected chi connectivity index (χ2v) is 14.2. The van der Waals surface area contributed by atoms with Gasteiger partial charge in [0.1, 0.15) is 5.75 Å². The lowest BCUT2D eigenvalue weighted by Gasteiger charge is -2.36. The molecule has 0 radical (unpaired) electrons. The van der Waals surface area contributed by atoms with E-state index in [-0.39, 0.29) is 59.5 Å². The number of aliphatic hydroxyl groups excluding tert-OH is 1. The third-order valence-electron chi connectivity index (χ3n) is 7.64. The average Bonchev–Trinajstić information content (AvgIpc) is 2.98. The number of carbonyl (C=O) groups excluding carboxylic acids is 2. The summed E-state index contributed by atoms with van der Waals surface area (Å²) >= 11 is 5.93. The molecule has 0 aliphatic carbocycles. The van der Waals surface area contributed by atoms with Crippen molar-refractivity contribution >= 4 is 39.2 Å². The maximum atomic E-state index is 14.3. The van der Waals surface area contributed by atoms with Crippen molar-refractivity contribution in [3.63, 3.8) is 0 Å². The lowest BCUT2D eigenvalue weighted by atomic mass is 10.0. The quantitative estimate of drug-likeness (QED) is 0.361. The van der Waals surface area contributed by atoms with Crippen LogP contribution in [-0.4, -0.2) is 92.9 Å². The van der Waals surface area contributed by atoms with E-state index < -0.39 is 22.0 Å². The first-order valence-corrected chi connectivity index (χ1v) is 17.2. The molecule has 45 heavy (non-hydrogen) atoms. The van der Waals surface area contributed by atoms with Gasteiger partial charge in [0.15, 0.2) is 0 Å². The smallest absolute Gasteiger partial charge is 0.317 e. The Labute approximate surface area is 272 Å². The van der Waals surface area contributed by atoms with E-state index in [1.165, 1.54) is 30.3 Å². The van der Waals surface area contributed by atoms with Crippen LogP contribution in [0.4, 0.5) is 10.5 Å². The molecule has 0 unspecified atom stereocenters. The van der Waals surface area contributed by atoms with Crippen molar-refractivity contribution in [2.45, 2.75) is 83.1 Å². The zero-order chi connectivity index (χ0) is 33.3. The predicted molar refractivity (Wildman–Crippen MR) is 175 cm³/mol. The van der Waals surface area contributed by atoms with Crippen LogP contribution in [0.1, 0.15) is 64.2 Å². The Morgan fingerprint density at radius 1 is 1.13 bits per heavy atom. The van der Waals surface area contributed by atoms with E-state index in [1.807, 2.05) is 27.7 Å². The van der Waals surface area contributed by atoms with Crippen molar-refractivity contribution in [1.29, 1.82) is 0 Å². The van der Waals surface area contributed by atoms with Gasteiger partial charge in [-0.2, -0.15) is 0 Å². The number of carbonyl (C=O) groups is 2. The van der Waals surface area contributed by atoms with Gasteiger partial charge in [0.25, 0.3) is 15.9 Å². The van der Waals surface area contributed by atoms with Gasteiger partial charge in [0.05, 0.1) is 35.3 Å². The average molecular weight is 667 g/mol. The molecule has 0 fully saturated rings. The summed E-state index contributed by atoms with van der Waals surface area (Å²) < 4.78 is 41.3. The number of urea groups is 1. The number of halogens is 1. The molecule has 1 aliphatic rings. The van der Waals surface area contributed by atoms with E-state index in [4.69, 9.17) is 21.1 Å². The topological polar surface area (TPSA) is 138 Å². The fourth-order valence-corrected chi connectivity index (χ4v) is 6.16. The molecule has 0 aromatic heterocycles.